The second-order valence-corrected chi connectivity index (χ2v) is 25.7. The number of phenolic OH excluding ortho intramolecular Hbond substituents is 2. The van der Waals surface area contributed by atoms with E-state index in [1.165, 1.54) is 12.1 Å². The monoisotopic (exact) mass is 1160 g/mol. The average Bonchev–Trinajstić information content (AvgIpc) is 3.42. The molecule has 16 nitrogen and oxygen atoms in total. The summed E-state index contributed by atoms with van der Waals surface area (Å²) in [6, 6.07) is 10.2. The van der Waals surface area contributed by atoms with Gasteiger partial charge in [0.05, 0.1) is 71.9 Å². The molecular weight excluding hydrogens is 1060 g/mol. The van der Waals surface area contributed by atoms with E-state index in [9.17, 15) is 49.8 Å². The van der Waals surface area contributed by atoms with Gasteiger partial charge in [0.25, 0.3) is 0 Å². The molecule has 4 bridgehead atoms. The number of ether oxygens (including phenoxy) is 6. The first kappa shape index (κ1) is 67.1. The molecule has 2 aromatic carbocycles. The van der Waals surface area contributed by atoms with E-state index < -0.39 is 71.3 Å². The van der Waals surface area contributed by atoms with Gasteiger partial charge in [-0.15, -0.1) is 0 Å². The number of benzene rings is 2. The molecule has 0 aromatic heterocycles. The number of esters is 2. The molecule has 14 atom stereocenters. The molecule has 2 aromatic rings. The van der Waals surface area contributed by atoms with Crippen LogP contribution in [0, 0.1) is 22.7 Å². The van der Waals surface area contributed by atoms with Crippen LogP contribution in [-0.2, 0) is 50.9 Å². The number of fused-ring (bicyclic) bond motifs is 6. The zero-order chi connectivity index (χ0) is 57.7. The van der Waals surface area contributed by atoms with E-state index in [0.717, 1.165) is 64.2 Å². The SMILES string of the molecule is C[C@H]1CC[C@@H]2CCC[C@H](CCCc3cccc(O)c3C(=O)O[C@H](C[C@@H](O)C[C@@H]3CCC[C@H](C(C)(C)C(=O)O)O3)[C@@H](C)CC[C@@H]3CCC[C@H](CCCc4cccc(O)c4C(=O)O[C@@H]1C[C@@H](O)C[C@@H]1CCC[C@H](C(C)(C)C(=O)O)O1)O3)O2.[Ca+2]. The smallest absolute Gasteiger partial charge is 0.507 e. The van der Waals surface area contributed by atoms with Crippen LogP contribution in [0.3, 0.4) is 0 Å². The van der Waals surface area contributed by atoms with Gasteiger partial charge in [0.15, 0.2) is 0 Å². The number of hydrogen-bond donors (Lipinski definition) is 6. The first-order valence-electron chi connectivity index (χ1n) is 30.6. The van der Waals surface area contributed by atoms with Crippen LogP contribution >= 0.6 is 0 Å². The van der Waals surface area contributed by atoms with Gasteiger partial charge in [0, 0.05) is 12.8 Å². The molecule has 0 spiro atoms. The number of carboxylic acid groups (broad SMARTS) is 2. The van der Waals surface area contributed by atoms with E-state index in [-0.39, 0.29) is 135 Å². The Labute approximate surface area is 511 Å². The fourth-order valence-corrected chi connectivity index (χ4v) is 13.2. The number of aliphatic carboxylic acids is 2. The third kappa shape index (κ3) is 19.0. The number of carbonyl (C=O) groups excluding carboxylic acids is 2. The molecule has 7 rings (SSSR count). The molecule has 448 valence electrons. The van der Waals surface area contributed by atoms with Crippen molar-refractivity contribution in [2.24, 2.45) is 22.7 Å². The average molecular weight is 1160 g/mol. The normalized spacial score (nSPS) is 31.0. The van der Waals surface area contributed by atoms with Crippen molar-refractivity contribution in [1.29, 1.82) is 0 Å². The summed E-state index contributed by atoms with van der Waals surface area (Å²) < 4.78 is 38.9. The van der Waals surface area contributed by atoms with E-state index >= 15 is 0 Å². The number of carboxylic acids is 2. The van der Waals surface area contributed by atoms with Crippen LogP contribution in [0.2, 0.25) is 0 Å². The molecule has 5 aliphatic heterocycles. The molecule has 0 amide bonds. The summed E-state index contributed by atoms with van der Waals surface area (Å²) in [4.78, 5) is 53.1. The van der Waals surface area contributed by atoms with E-state index in [1.807, 2.05) is 26.0 Å². The summed E-state index contributed by atoms with van der Waals surface area (Å²) >= 11 is 0. The largest absolute Gasteiger partial charge is 2.00 e. The molecule has 0 unspecified atom stereocenters. The van der Waals surface area contributed by atoms with Crippen molar-refractivity contribution in [2.75, 3.05) is 0 Å². The number of rotatable bonds is 12. The number of hydrogen-bond acceptors (Lipinski definition) is 14. The molecule has 4 fully saturated rings. The summed E-state index contributed by atoms with van der Waals surface area (Å²) in [5.41, 5.74) is -0.609. The Morgan fingerprint density at radius 1 is 0.494 bits per heavy atom. The number of cyclic esters (lactones) is 2. The number of carbonyl (C=O) groups is 4. The van der Waals surface area contributed by atoms with Crippen molar-refractivity contribution in [3.05, 3.63) is 58.7 Å². The quantitative estimate of drug-likeness (QED) is 0.0855. The van der Waals surface area contributed by atoms with Gasteiger partial charge in [-0.25, -0.2) is 9.59 Å². The molecule has 5 heterocycles. The predicted molar refractivity (Wildman–Crippen MR) is 306 cm³/mol. The molecule has 6 N–H and O–H groups in total. The molecule has 4 saturated heterocycles. The zero-order valence-electron chi connectivity index (χ0n) is 49.4. The van der Waals surface area contributed by atoms with Gasteiger partial charge in [-0.1, -0.05) is 38.1 Å². The number of aryl methyl sites for hydroxylation is 2. The van der Waals surface area contributed by atoms with Gasteiger partial charge >= 0.3 is 61.6 Å². The maximum atomic E-state index is 14.4. The summed E-state index contributed by atoms with van der Waals surface area (Å²) in [5.74, 6) is -3.90. The predicted octanol–water partition coefficient (Wildman–Crippen LogP) is 11.2. The first-order valence-corrected chi connectivity index (χ1v) is 30.6. The summed E-state index contributed by atoms with van der Waals surface area (Å²) in [5, 5.41) is 65.8. The second kappa shape index (κ2) is 31.4. The molecule has 81 heavy (non-hydrogen) atoms. The Kier molecular flexibility index (Phi) is 26.0. The molecule has 0 saturated carbocycles. The van der Waals surface area contributed by atoms with Crippen LogP contribution in [0.15, 0.2) is 36.4 Å². The van der Waals surface area contributed by atoms with Crippen LogP contribution in [0.25, 0.3) is 0 Å². The Morgan fingerprint density at radius 3 is 1.21 bits per heavy atom. The molecule has 5 aliphatic rings. The van der Waals surface area contributed by atoms with Crippen LogP contribution in [-0.4, -0.2) is 166 Å². The summed E-state index contributed by atoms with van der Waals surface area (Å²) in [6.45, 7) is 10.7. The van der Waals surface area contributed by atoms with Crippen molar-refractivity contribution in [2.45, 2.75) is 282 Å². The maximum Gasteiger partial charge on any atom is 2.00 e. The van der Waals surface area contributed by atoms with Crippen molar-refractivity contribution in [1.82, 2.24) is 0 Å². The Morgan fingerprint density at radius 2 is 0.840 bits per heavy atom. The number of aromatic hydroxyl groups is 2. The molecular formula is C64H96CaO16+2. The van der Waals surface area contributed by atoms with Crippen molar-refractivity contribution in [3.8, 4) is 11.5 Å². The maximum absolute atomic E-state index is 14.4. The van der Waals surface area contributed by atoms with E-state index in [2.05, 4.69) is 0 Å². The van der Waals surface area contributed by atoms with Gasteiger partial charge in [-0.2, -0.15) is 0 Å². The Hall–Kier alpha value is -3.06. The van der Waals surface area contributed by atoms with Gasteiger partial charge in [0.2, 0.25) is 0 Å². The molecule has 0 radical (unpaired) electrons. The van der Waals surface area contributed by atoms with Crippen LogP contribution in [0.1, 0.15) is 227 Å². The third-order valence-electron chi connectivity index (χ3n) is 18.6. The number of aliphatic hydroxyl groups excluding tert-OH is 2. The Bertz CT molecular complexity index is 2180. The van der Waals surface area contributed by atoms with E-state index in [1.54, 1.807) is 39.8 Å². The van der Waals surface area contributed by atoms with Crippen molar-refractivity contribution < 1.29 is 78.2 Å². The zero-order valence-corrected chi connectivity index (χ0v) is 51.6. The van der Waals surface area contributed by atoms with Gasteiger partial charge in [0.1, 0.15) is 34.8 Å². The topological polar surface area (TPSA) is 245 Å². The summed E-state index contributed by atoms with van der Waals surface area (Å²) in [6.07, 6.45) is 11.7. The van der Waals surface area contributed by atoms with Crippen LogP contribution in [0.5, 0.6) is 11.5 Å². The second-order valence-electron chi connectivity index (χ2n) is 25.7. The molecule has 17 heteroatoms. The third-order valence-corrected chi connectivity index (χ3v) is 18.6. The fourth-order valence-electron chi connectivity index (χ4n) is 13.2. The standard InChI is InChI=1S/C64H96O16.Ca/c1-39-31-33-47-23-11-21-45(75-47)19-8-16-42-18-10-28-52(68)58(42)60(70)80-54(38-44(66)36-50-26-14-30-56(78-50)64(5,6)62(73)74)40(2)32-34-48-24-12-22-46(76-48)20-7-15-41-17-9-27-51(67)57(41)59(69)79-53(39)37-43(65)35-49-25-13-29-55(77-49)63(3,4)61(71)72;/h9-10,17-18,27-28,39-40,43-50,53-56,65-68H,7-8,11-16,19-26,29-38H2,1-6H3,(H,71,72)(H,73,74);/q;+2/t39-,40-,43-,44-,45-,46-,47-,48-,49-,50-,53+,54+,55+,56+;/m0./s1. The first-order chi connectivity index (χ1) is 38.1. The minimum Gasteiger partial charge on any atom is -0.507 e. The minimum absolute atomic E-state index is 0. The van der Waals surface area contributed by atoms with E-state index in [0.29, 0.717) is 88.2 Å². The number of aliphatic hydroxyl groups is 2. The van der Waals surface area contributed by atoms with Crippen LogP contribution < -0.4 is 0 Å². The van der Waals surface area contributed by atoms with Gasteiger partial charge < -0.3 is 59.1 Å². The fraction of sp³-hybridized carbons (Fsp3) is 0.750. The van der Waals surface area contributed by atoms with Gasteiger partial charge in [-0.3, -0.25) is 9.59 Å². The summed E-state index contributed by atoms with van der Waals surface area (Å²) in [7, 11) is 0. The number of phenols is 2. The Balaban J connectivity index is 0.0000106. The molecule has 0 aliphatic carbocycles. The van der Waals surface area contributed by atoms with Crippen LogP contribution in [0.4, 0.5) is 0 Å². The van der Waals surface area contributed by atoms with E-state index in [4.69, 9.17) is 28.4 Å². The minimum atomic E-state index is -1.09. The van der Waals surface area contributed by atoms with Crippen molar-refractivity contribution >= 4 is 61.6 Å². The van der Waals surface area contributed by atoms with Crippen molar-refractivity contribution in [3.63, 3.8) is 0 Å². The van der Waals surface area contributed by atoms with Gasteiger partial charge in [-0.05, 0) is 217 Å².